The Labute approximate surface area is 584 Å². The van der Waals surface area contributed by atoms with Crippen LogP contribution in [-0.4, -0.2) is 23.7 Å². The SMILES string of the molecule is CC(C)(C)c1ccc(-n2c3ccccc3c3cc(N(c4ccccc4)c4cnc5c(N(c6ccccc6)c6ccc7c8ccccc8n(-c8cccc(C(C)(C)C)c8)c7c6)ccc(N(c6ccccc6)c6ccc7c8ccccc8n(-c8cccc(C(C)(C)C)c8)c7c6)c5n4)ccc32)cc1. The average Bonchev–Trinajstić information content (AvgIpc) is 1.46. The minimum Gasteiger partial charge on any atom is -0.309 e. The lowest BCUT2D eigenvalue weighted by atomic mass is 9.87. The predicted octanol–water partition coefficient (Wildman–Crippen LogP) is 25.2. The molecule has 486 valence electrons. The first kappa shape index (κ1) is 61.6. The molecular formula is C92H78N8. The van der Waals surface area contributed by atoms with Crippen molar-refractivity contribution < 1.29 is 0 Å². The third-order valence-electron chi connectivity index (χ3n) is 20.1. The summed E-state index contributed by atoms with van der Waals surface area (Å²) in [6, 6.07) is 111. The zero-order valence-corrected chi connectivity index (χ0v) is 58.0. The van der Waals surface area contributed by atoms with E-state index in [1.807, 2.05) is 6.20 Å². The van der Waals surface area contributed by atoms with Crippen molar-refractivity contribution in [3.05, 3.63) is 326 Å². The first-order valence-corrected chi connectivity index (χ1v) is 34.8. The molecule has 0 N–H and O–H groups in total. The van der Waals surface area contributed by atoms with Crippen LogP contribution < -0.4 is 14.7 Å². The summed E-state index contributed by atoms with van der Waals surface area (Å²) in [5, 5.41) is 7.03. The molecule has 13 aromatic carbocycles. The fourth-order valence-corrected chi connectivity index (χ4v) is 15.0. The lowest BCUT2D eigenvalue weighted by Crippen LogP contribution is -2.16. The lowest BCUT2D eigenvalue weighted by Gasteiger charge is -2.31. The normalized spacial score (nSPS) is 12.2. The molecule has 0 aliphatic heterocycles. The fourth-order valence-electron chi connectivity index (χ4n) is 15.0. The average molecular weight is 1300 g/mol. The van der Waals surface area contributed by atoms with Gasteiger partial charge in [-0.05, 0) is 179 Å². The van der Waals surface area contributed by atoms with Gasteiger partial charge >= 0.3 is 0 Å². The van der Waals surface area contributed by atoms with E-state index in [9.17, 15) is 0 Å². The van der Waals surface area contributed by atoms with Gasteiger partial charge in [-0.15, -0.1) is 0 Å². The molecule has 4 aromatic heterocycles. The maximum absolute atomic E-state index is 6.09. The zero-order chi connectivity index (χ0) is 68.2. The molecule has 0 amide bonds. The van der Waals surface area contributed by atoms with Gasteiger partial charge < -0.3 is 23.5 Å². The highest BCUT2D eigenvalue weighted by molar-refractivity contribution is 6.14. The fraction of sp³-hybridized carbons (Fsp3) is 0.130. The molecule has 17 rings (SSSR count). The molecular weight excluding hydrogens is 1220 g/mol. The maximum Gasteiger partial charge on any atom is 0.156 e. The van der Waals surface area contributed by atoms with Crippen molar-refractivity contribution in [2.75, 3.05) is 14.7 Å². The third-order valence-corrected chi connectivity index (χ3v) is 20.1. The molecule has 0 aliphatic carbocycles. The van der Waals surface area contributed by atoms with Gasteiger partial charge in [0.15, 0.2) is 5.82 Å². The van der Waals surface area contributed by atoms with Crippen LogP contribution in [0.15, 0.2) is 310 Å². The summed E-state index contributed by atoms with van der Waals surface area (Å²) < 4.78 is 7.28. The van der Waals surface area contributed by atoms with Gasteiger partial charge in [0, 0.05) is 83.5 Å². The van der Waals surface area contributed by atoms with E-state index in [2.05, 4.69) is 394 Å². The molecule has 0 spiro atoms. The molecule has 0 bridgehead atoms. The van der Waals surface area contributed by atoms with Crippen LogP contribution in [-0.2, 0) is 16.2 Å². The quantitative estimate of drug-likeness (QED) is 0.122. The van der Waals surface area contributed by atoms with E-state index in [0.29, 0.717) is 11.3 Å². The van der Waals surface area contributed by atoms with E-state index in [1.165, 1.54) is 38.2 Å². The van der Waals surface area contributed by atoms with E-state index in [0.717, 1.165) is 112 Å². The molecule has 0 atom stereocenters. The molecule has 0 fully saturated rings. The molecule has 100 heavy (non-hydrogen) atoms. The van der Waals surface area contributed by atoms with E-state index < -0.39 is 0 Å². The first-order valence-electron chi connectivity index (χ1n) is 34.8. The van der Waals surface area contributed by atoms with E-state index >= 15 is 0 Å². The molecule has 0 radical (unpaired) electrons. The zero-order valence-electron chi connectivity index (χ0n) is 58.0. The molecule has 17 aromatic rings. The predicted molar refractivity (Wildman–Crippen MR) is 423 cm³/mol. The van der Waals surface area contributed by atoms with Crippen molar-refractivity contribution in [1.29, 1.82) is 0 Å². The van der Waals surface area contributed by atoms with Crippen LogP contribution in [0.5, 0.6) is 0 Å². The summed E-state index contributed by atoms with van der Waals surface area (Å²) >= 11 is 0. The summed E-state index contributed by atoms with van der Waals surface area (Å²) in [6.07, 6.45) is 1.97. The number of fused-ring (bicyclic) bond motifs is 10. The Morgan fingerprint density at radius 1 is 0.250 bits per heavy atom. The van der Waals surface area contributed by atoms with Crippen LogP contribution in [0.3, 0.4) is 0 Å². The number of nitrogens with zero attached hydrogens (tertiary/aromatic N) is 8. The molecule has 0 saturated carbocycles. The van der Waals surface area contributed by atoms with Crippen molar-refractivity contribution >= 4 is 128 Å². The standard InChI is InChI=1S/C92H78N8/c1-90(2,3)61-43-45-67(46-44-61)98-81-42-24-21-39-75(81)78-57-70(49-52-82(78)98)97(66-33-17-12-18-34-66)87-60-93-88-83(95(64-29-13-10-14-30-64)71-47-50-76-73-37-19-22-40-79(73)99(85(76)58-71)68-35-25-27-62(55-68)91(4,5)6)53-54-84(89(88)94-87)96(65-31-15-11-16-32-65)72-48-51-77-74-38-20-23-41-80(74)100(86(77)59-72)69-36-26-28-63(56-69)92(7,8)9/h10-60H,1-9H3. The molecule has 8 nitrogen and oxygen atoms in total. The molecule has 8 heteroatoms. The number of rotatable bonds is 12. The van der Waals surface area contributed by atoms with Gasteiger partial charge in [-0.1, -0.05) is 220 Å². The molecule has 0 aliphatic rings. The van der Waals surface area contributed by atoms with Crippen molar-refractivity contribution in [3.8, 4) is 17.1 Å². The second-order valence-corrected chi connectivity index (χ2v) is 29.6. The van der Waals surface area contributed by atoms with Gasteiger partial charge in [-0.2, -0.15) is 0 Å². The Hall–Kier alpha value is -12.0. The minimum atomic E-state index is -0.0543. The highest BCUT2D eigenvalue weighted by Gasteiger charge is 2.29. The number of benzene rings is 13. The number of hydrogen-bond donors (Lipinski definition) is 0. The first-order chi connectivity index (χ1) is 48.5. The smallest absolute Gasteiger partial charge is 0.156 e. The van der Waals surface area contributed by atoms with Crippen LogP contribution in [0.1, 0.15) is 79.0 Å². The van der Waals surface area contributed by atoms with Crippen molar-refractivity contribution in [2.45, 2.75) is 78.6 Å². The molecule has 0 saturated heterocycles. The Bertz CT molecular complexity index is 5980. The second-order valence-electron chi connectivity index (χ2n) is 29.6. The third kappa shape index (κ3) is 10.6. The Morgan fingerprint density at radius 2 is 0.630 bits per heavy atom. The number of hydrogen-bond acceptors (Lipinski definition) is 5. The van der Waals surface area contributed by atoms with Crippen LogP contribution >= 0.6 is 0 Å². The Balaban J connectivity index is 0.924. The summed E-state index contributed by atoms with van der Waals surface area (Å²) in [4.78, 5) is 18.9. The van der Waals surface area contributed by atoms with Gasteiger partial charge in [0.2, 0.25) is 0 Å². The summed E-state index contributed by atoms with van der Waals surface area (Å²) in [6.45, 7) is 20.5. The number of para-hydroxylation sites is 6. The highest BCUT2D eigenvalue weighted by Crippen LogP contribution is 2.49. The number of aromatic nitrogens is 5. The van der Waals surface area contributed by atoms with E-state index in [1.54, 1.807) is 0 Å². The van der Waals surface area contributed by atoms with Gasteiger partial charge in [0.1, 0.15) is 11.0 Å². The monoisotopic (exact) mass is 1290 g/mol. The van der Waals surface area contributed by atoms with Crippen LogP contribution in [0.25, 0.3) is 93.5 Å². The molecule has 4 heterocycles. The van der Waals surface area contributed by atoms with Gasteiger partial charge in [-0.3, -0.25) is 4.90 Å². The lowest BCUT2D eigenvalue weighted by molar-refractivity contribution is 0.589. The Kier molecular flexibility index (Phi) is 14.7. The second kappa shape index (κ2) is 23.9. The van der Waals surface area contributed by atoms with E-state index in [-0.39, 0.29) is 16.2 Å². The van der Waals surface area contributed by atoms with Crippen molar-refractivity contribution in [3.63, 3.8) is 0 Å². The minimum absolute atomic E-state index is 0.0266. The van der Waals surface area contributed by atoms with Crippen molar-refractivity contribution in [2.24, 2.45) is 0 Å². The van der Waals surface area contributed by atoms with Crippen LogP contribution in [0.4, 0.5) is 51.3 Å². The Morgan fingerprint density at radius 3 is 1.10 bits per heavy atom. The topological polar surface area (TPSA) is 50.3 Å². The highest BCUT2D eigenvalue weighted by atomic mass is 15.2. The van der Waals surface area contributed by atoms with Gasteiger partial charge in [-0.25, -0.2) is 9.97 Å². The largest absolute Gasteiger partial charge is 0.309 e. The van der Waals surface area contributed by atoms with Crippen LogP contribution in [0.2, 0.25) is 0 Å². The summed E-state index contributed by atoms with van der Waals surface area (Å²) in [5.41, 5.74) is 22.9. The van der Waals surface area contributed by atoms with Gasteiger partial charge in [0.05, 0.1) is 50.7 Å². The summed E-state index contributed by atoms with van der Waals surface area (Å²) in [7, 11) is 0. The van der Waals surface area contributed by atoms with Crippen molar-refractivity contribution in [1.82, 2.24) is 23.7 Å². The van der Waals surface area contributed by atoms with Gasteiger partial charge in [0.25, 0.3) is 0 Å². The molecule has 0 unspecified atom stereocenters. The number of anilines is 9. The van der Waals surface area contributed by atoms with E-state index in [4.69, 9.17) is 9.97 Å². The maximum atomic E-state index is 6.09. The van der Waals surface area contributed by atoms with Crippen LogP contribution in [0, 0.1) is 0 Å². The summed E-state index contributed by atoms with van der Waals surface area (Å²) in [5.74, 6) is 0.662.